The van der Waals surface area contributed by atoms with E-state index in [-0.39, 0.29) is 5.91 Å². The van der Waals surface area contributed by atoms with E-state index < -0.39 is 0 Å². The van der Waals surface area contributed by atoms with Crippen LogP contribution in [-0.2, 0) is 6.42 Å². The first-order valence-corrected chi connectivity index (χ1v) is 9.83. The van der Waals surface area contributed by atoms with Gasteiger partial charge < -0.3 is 14.8 Å². The van der Waals surface area contributed by atoms with Crippen molar-refractivity contribution in [3.05, 3.63) is 65.5 Å². The second-order valence-electron chi connectivity index (χ2n) is 6.71. The minimum atomic E-state index is -0.150. The summed E-state index contributed by atoms with van der Waals surface area (Å²) in [5.41, 5.74) is 1.64. The summed E-state index contributed by atoms with van der Waals surface area (Å²) in [6, 6.07) is 15.1. The van der Waals surface area contributed by atoms with E-state index >= 15 is 0 Å². The highest BCUT2D eigenvalue weighted by Crippen LogP contribution is 2.33. The van der Waals surface area contributed by atoms with Crippen molar-refractivity contribution in [2.75, 3.05) is 13.7 Å². The molecule has 0 radical (unpaired) electrons. The summed E-state index contributed by atoms with van der Waals surface area (Å²) < 4.78 is 15.6. The molecule has 2 aromatic carbocycles. The lowest BCUT2D eigenvalue weighted by molar-refractivity contribution is 0.0948. The number of hydrogen-bond acceptors (Lipinski definition) is 6. The van der Waals surface area contributed by atoms with E-state index in [1.165, 1.54) is 11.5 Å². The Kier molecular flexibility index (Phi) is 6.60. The Morgan fingerprint density at radius 2 is 1.93 bits per heavy atom. The average molecular weight is 398 g/mol. The molecule has 3 rings (SSSR count). The monoisotopic (exact) mass is 397 g/mol. The van der Waals surface area contributed by atoms with Gasteiger partial charge in [-0.15, -0.1) is 0 Å². The number of benzene rings is 2. The van der Waals surface area contributed by atoms with Crippen molar-refractivity contribution in [3.8, 4) is 16.7 Å². The van der Waals surface area contributed by atoms with Crippen molar-refractivity contribution in [2.45, 2.75) is 20.3 Å². The van der Waals surface area contributed by atoms with Crippen molar-refractivity contribution in [1.82, 2.24) is 14.7 Å². The normalized spacial score (nSPS) is 10.7. The molecule has 0 saturated carbocycles. The molecule has 0 fully saturated rings. The van der Waals surface area contributed by atoms with E-state index in [0.717, 1.165) is 5.56 Å². The maximum absolute atomic E-state index is 12.3. The number of carbonyl (C=O) groups excluding carboxylic acids is 1. The molecule has 0 atom stereocenters. The van der Waals surface area contributed by atoms with E-state index in [2.05, 4.69) is 14.7 Å². The van der Waals surface area contributed by atoms with Gasteiger partial charge in [-0.3, -0.25) is 4.79 Å². The quantitative estimate of drug-likeness (QED) is 0.613. The number of aromatic nitrogens is 2. The number of hydrogen-bond donors (Lipinski definition) is 1. The van der Waals surface area contributed by atoms with Crippen molar-refractivity contribution in [2.24, 2.45) is 5.92 Å². The molecule has 146 valence electrons. The Hall–Kier alpha value is -2.93. The van der Waals surface area contributed by atoms with E-state index in [4.69, 9.17) is 9.47 Å². The summed E-state index contributed by atoms with van der Waals surface area (Å²) in [5.74, 6) is 1.88. The van der Waals surface area contributed by atoms with Gasteiger partial charge in [0.05, 0.1) is 7.11 Å². The first-order valence-electron chi connectivity index (χ1n) is 9.05. The molecule has 3 aromatic rings. The van der Waals surface area contributed by atoms with Crippen LogP contribution in [0.15, 0.2) is 48.5 Å². The van der Waals surface area contributed by atoms with Gasteiger partial charge in [0.15, 0.2) is 17.3 Å². The zero-order chi connectivity index (χ0) is 19.9. The summed E-state index contributed by atoms with van der Waals surface area (Å²) in [6.45, 7) is 4.71. The number of methoxy groups -OCH3 is 1. The standard InChI is InChI=1S/C21H23N3O3S/c1-14(2)13-22-20(25)16-9-10-17(26-3)18(12-16)27-21-23-19(24-28-21)11-15-7-5-4-6-8-15/h4-10,12,14H,11,13H2,1-3H3,(H,22,25). The lowest BCUT2D eigenvalue weighted by Gasteiger charge is -2.11. The van der Waals surface area contributed by atoms with Gasteiger partial charge in [-0.1, -0.05) is 44.2 Å². The van der Waals surface area contributed by atoms with Gasteiger partial charge in [0, 0.05) is 30.1 Å². The Balaban J connectivity index is 1.74. The zero-order valence-electron chi connectivity index (χ0n) is 16.1. The first-order chi connectivity index (χ1) is 13.5. The summed E-state index contributed by atoms with van der Waals surface area (Å²) in [6.07, 6.45) is 0.634. The van der Waals surface area contributed by atoms with E-state index in [9.17, 15) is 4.79 Å². The molecule has 1 heterocycles. The van der Waals surface area contributed by atoms with Gasteiger partial charge in [0.2, 0.25) is 0 Å². The fourth-order valence-corrected chi connectivity index (χ4v) is 3.08. The van der Waals surface area contributed by atoms with Gasteiger partial charge in [0.1, 0.15) is 0 Å². The lowest BCUT2D eigenvalue weighted by Crippen LogP contribution is -2.27. The third-order valence-corrected chi connectivity index (χ3v) is 4.58. The highest BCUT2D eigenvalue weighted by molar-refractivity contribution is 7.07. The Labute approximate surface area is 168 Å². The molecule has 0 spiro atoms. The fourth-order valence-electron chi connectivity index (χ4n) is 2.52. The van der Waals surface area contributed by atoms with Gasteiger partial charge in [-0.05, 0) is 29.7 Å². The minimum absolute atomic E-state index is 0.150. The molecule has 0 aliphatic heterocycles. The van der Waals surface area contributed by atoms with Gasteiger partial charge in [-0.2, -0.15) is 9.36 Å². The zero-order valence-corrected chi connectivity index (χ0v) is 17.0. The molecule has 0 aliphatic carbocycles. The number of carbonyl (C=O) groups is 1. The fraction of sp³-hybridized carbons (Fsp3) is 0.286. The summed E-state index contributed by atoms with van der Waals surface area (Å²) in [7, 11) is 1.56. The molecule has 0 bridgehead atoms. The summed E-state index contributed by atoms with van der Waals surface area (Å²) in [5, 5.41) is 3.30. The van der Waals surface area contributed by atoms with Gasteiger partial charge in [0.25, 0.3) is 11.1 Å². The van der Waals surface area contributed by atoms with Crippen molar-refractivity contribution in [3.63, 3.8) is 0 Å². The number of rotatable bonds is 8. The average Bonchev–Trinajstić information content (AvgIpc) is 3.13. The second-order valence-corrected chi connectivity index (χ2v) is 7.42. The van der Waals surface area contributed by atoms with Crippen LogP contribution in [0.5, 0.6) is 16.7 Å². The molecule has 0 unspecified atom stereocenters. The Morgan fingerprint density at radius 1 is 1.14 bits per heavy atom. The third kappa shape index (κ3) is 5.29. The van der Waals surface area contributed by atoms with Crippen LogP contribution < -0.4 is 14.8 Å². The molecule has 1 aromatic heterocycles. The first kappa shape index (κ1) is 19.8. The molecular formula is C21H23N3O3S. The van der Waals surface area contributed by atoms with Crippen LogP contribution in [0, 0.1) is 5.92 Å². The van der Waals surface area contributed by atoms with Gasteiger partial charge in [-0.25, -0.2) is 0 Å². The van der Waals surface area contributed by atoms with Crippen LogP contribution in [0.2, 0.25) is 0 Å². The summed E-state index contributed by atoms with van der Waals surface area (Å²) in [4.78, 5) is 16.8. The van der Waals surface area contributed by atoms with Crippen LogP contribution in [0.25, 0.3) is 0 Å². The molecule has 7 heteroatoms. The third-order valence-electron chi connectivity index (χ3n) is 3.95. The van der Waals surface area contributed by atoms with Crippen LogP contribution in [0.1, 0.15) is 35.6 Å². The largest absolute Gasteiger partial charge is 0.493 e. The maximum atomic E-state index is 12.3. The second kappa shape index (κ2) is 9.32. The topological polar surface area (TPSA) is 73.3 Å². The maximum Gasteiger partial charge on any atom is 0.298 e. The molecular weight excluding hydrogens is 374 g/mol. The van der Waals surface area contributed by atoms with Crippen LogP contribution in [0.4, 0.5) is 0 Å². The number of nitrogens with zero attached hydrogens (tertiary/aromatic N) is 2. The van der Waals surface area contributed by atoms with E-state index in [1.807, 2.05) is 44.2 Å². The number of nitrogens with one attached hydrogen (secondary N) is 1. The van der Waals surface area contributed by atoms with E-state index in [1.54, 1.807) is 25.3 Å². The number of ether oxygens (including phenoxy) is 2. The SMILES string of the molecule is COc1ccc(C(=O)NCC(C)C)cc1Oc1nc(Cc2ccccc2)ns1. The predicted molar refractivity (Wildman–Crippen MR) is 109 cm³/mol. The smallest absolute Gasteiger partial charge is 0.298 e. The predicted octanol–water partition coefficient (Wildman–Crippen LogP) is 4.32. The molecule has 28 heavy (non-hydrogen) atoms. The van der Waals surface area contributed by atoms with Crippen molar-refractivity contribution < 1.29 is 14.3 Å². The van der Waals surface area contributed by atoms with Gasteiger partial charge >= 0.3 is 0 Å². The Bertz CT molecular complexity index is 926. The highest BCUT2D eigenvalue weighted by Gasteiger charge is 2.14. The van der Waals surface area contributed by atoms with E-state index in [0.29, 0.717) is 47.0 Å². The van der Waals surface area contributed by atoms with Crippen LogP contribution in [-0.4, -0.2) is 28.9 Å². The Morgan fingerprint density at radius 3 is 2.64 bits per heavy atom. The molecule has 6 nitrogen and oxygen atoms in total. The summed E-state index contributed by atoms with van der Waals surface area (Å²) >= 11 is 1.17. The number of amides is 1. The highest BCUT2D eigenvalue weighted by atomic mass is 32.1. The minimum Gasteiger partial charge on any atom is -0.493 e. The molecule has 1 amide bonds. The molecule has 0 aliphatic rings. The molecule has 1 N–H and O–H groups in total. The van der Waals surface area contributed by atoms with Crippen LogP contribution in [0.3, 0.4) is 0 Å². The van der Waals surface area contributed by atoms with Crippen molar-refractivity contribution in [1.29, 1.82) is 0 Å². The van der Waals surface area contributed by atoms with Crippen LogP contribution >= 0.6 is 11.5 Å². The molecule has 0 saturated heterocycles. The lowest BCUT2D eigenvalue weighted by atomic mass is 10.1. The van der Waals surface area contributed by atoms with Crippen molar-refractivity contribution >= 4 is 17.4 Å².